The molecule has 0 radical (unpaired) electrons. The zero-order chi connectivity index (χ0) is 13.5. The number of anilines is 1. The number of likely N-dealkylation sites (N-methyl/N-ethyl adjacent to an activating group) is 1. The largest absolute Gasteiger partial charge is 0.392 e. The molecule has 0 aromatic heterocycles. The smallest absolute Gasteiger partial charge is 0.238 e. The molecule has 0 saturated carbocycles. The first-order valence-corrected chi connectivity index (χ1v) is 6.36. The van der Waals surface area contributed by atoms with Crippen molar-refractivity contribution in [3.8, 4) is 0 Å². The Hall–Kier alpha value is -1.17. The predicted octanol–water partition coefficient (Wildman–Crippen LogP) is 1.89. The second kappa shape index (κ2) is 7.31. The maximum atomic E-state index is 11.8. The minimum absolute atomic E-state index is 0.115. The van der Waals surface area contributed by atoms with E-state index in [0.717, 1.165) is 0 Å². The Labute approximate surface area is 117 Å². The normalized spacial score (nSPS) is 10.4. The molecule has 1 aromatic rings. The molecule has 1 amide bonds. The zero-order valence-electron chi connectivity index (χ0n) is 10.1. The van der Waals surface area contributed by atoms with Gasteiger partial charge in [0.05, 0.1) is 11.5 Å². The molecule has 18 heavy (non-hydrogen) atoms. The summed E-state index contributed by atoms with van der Waals surface area (Å²) in [6.07, 6.45) is 0. The molecular formula is C12H16ClN3OS. The highest BCUT2D eigenvalue weighted by Crippen LogP contribution is 2.14. The molecular weight excluding hydrogens is 270 g/mol. The fourth-order valence-electron chi connectivity index (χ4n) is 1.47. The number of benzene rings is 1. The molecule has 98 valence electrons. The summed E-state index contributed by atoms with van der Waals surface area (Å²) in [5, 5.41) is 3.36. The van der Waals surface area contributed by atoms with Crippen molar-refractivity contribution in [2.45, 2.75) is 6.92 Å². The molecule has 1 rings (SSSR count). The minimum atomic E-state index is -0.115. The number of nitrogens with two attached hydrogens (primary N) is 1. The van der Waals surface area contributed by atoms with Crippen molar-refractivity contribution in [3.05, 3.63) is 29.3 Å². The number of nitrogens with one attached hydrogen (secondary N) is 1. The summed E-state index contributed by atoms with van der Waals surface area (Å²) in [6.45, 7) is 3.35. The summed E-state index contributed by atoms with van der Waals surface area (Å²) in [5.41, 5.74) is 6.14. The van der Waals surface area contributed by atoms with Crippen molar-refractivity contribution in [1.82, 2.24) is 4.90 Å². The number of nitrogens with zero attached hydrogens (tertiary/aromatic N) is 1. The molecule has 0 aliphatic rings. The van der Waals surface area contributed by atoms with E-state index in [4.69, 9.17) is 29.6 Å². The van der Waals surface area contributed by atoms with E-state index in [-0.39, 0.29) is 12.5 Å². The van der Waals surface area contributed by atoms with E-state index in [1.807, 2.05) is 11.8 Å². The van der Waals surface area contributed by atoms with Crippen LogP contribution in [0.4, 0.5) is 5.69 Å². The molecule has 0 spiro atoms. The Bertz CT molecular complexity index is 439. The molecule has 3 N–H and O–H groups in total. The van der Waals surface area contributed by atoms with Gasteiger partial charge in [-0.3, -0.25) is 9.69 Å². The van der Waals surface area contributed by atoms with Gasteiger partial charge in [0.1, 0.15) is 0 Å². The number of halogens is 1. The van der Waals surface area contributed by atoms with Gasteiger partial charge in [-0.15, -0.1) is 0 Å². The Balaban J connectivity index is 2.52. The van der Waals surface area contributed by atoms with Crippen LogP contribution < -0.4 is 11.1 Å². The summed E-state index contributed by atoms with van der Waals surface area (Å²) in [6, 6.07) is 7.02. The lowest BCUT2D eigenvalue weighted by Gasteiger charge is -2.18. The average Bonchev–Trinajstić information content (AvgIpc) is 2.27. The molecule has 0 fully saturated rings. The van der Waals surface area contributed by atoms with E-state index >= 15 is 0 Å². The van der Waals surface area contributed by atoms with Crippen LogP contribution >= 0.6 is 23.8 Å². The number of carbonyl (C=O) groups excluding carboxylic acids is 1. The van der Waals surface area contributed by atoms with Gasteiger partial charge in [0.15, 0.2) is 0 Å². The van der Waals surface area contributed by atoms with E-state index in [2.05, 4.69) is 5.32 Å². The lowest BCUT2D eigenvalue weighted by molar-refractivity contribution is -0.117. The van der Waals surface area contributed by atoms with Crippen LogP contribution in [0.1, 0.15) is 6.92 Å². The first kappa shape index (κ1) is 14.9. The van der Waals surface area contributed by atoms with Crippen LogP contribution in [0.2, 0.25) is 5.02 Å². The molecule has 0 bridgehead atoms. The fraction of sp³-hybridized carbons (Fsp3) is 0.333. The second-order valence-corrected chi connectivity index (χ2v) is 4.79. The summed E-state index contributed by atoms with van der Waals surface area (Å²) in [7, 11) is 0. The van der Waals surface area contributed by atoms with E-state index in [9.17, 15) is 4.79 Å². The number of amides is 1. The quantitative estimate of drug-likeness (QED) is 0.784. The van der Waals surface area contributed by atoms with Crippen LogP contribution in [0.25, 0.3) is 0 Å². The number of carbonyl (C=O) groups is 1. The summed E-state index contributed by atoms with van der Waals surface area (Å²) in [4.78, 5) is 14.0. The summed E-state index contributed by atoms with van der Waals surface area (Å²) < 4.78 is 0. The SMILES string of the molecule is CCN(CC(=O)Nc1cccc(Cl)c1)CC(N)=S. The van der Waals surface area contributed by atoms with Gasteiger partial charge in [-0.2, -0.15) is 0 Å². The first-order chi connectivity index (χ1) is 8.51. The van der Waals surface area contributed by atoms with Gasteiger partial charge >= 0.3 is 0 Å². The molecule has 0 unspecified atom stereocenters. The van der Waals surface area contributed by atoms with Gasteiger partial charge in [0.2, 0.25) is 5.91 Å². The van der Waals surface area contributed by atoms with E-state index in [0.29, 0.717) is 28.8 Å². The highest BCUT2D eigenvalue weighted by molar-refractivity contribution is 7.80. The molecule has 0 saturated heterocycles. The third-order valence-corrected chi connectivity index (χ3v) is 2.67. The topological polar surface area (TPSA) is 58.4 Å². The fourth-order valence-corrected chi connectivity index (χ4v) is 1.84. The highest BCUT2D eigenvalue weighted by atomic mass is 35.5. The zero-order valence-corrected chi connectivity index (χ0v) is 11.7. The predicted molar refractivity (Wildman–Crippen MR) is 79.0 cm³/mol. The number of thiocarbonyl (C=S) groups is 1. The first-order valence-electron chi connectivity index (χ1n) is 5.57. The van der Waals surface area contributed by atoms with E-state index in [1.54, 1.807) is 24.3 Å². The monoisotopic (exact) mass is 285 g/mol. The Morgan fingerprint density at radius 2 is 2.22 bits per heavy atom. The third-order valence-electron chi connectivity index (χ3n) is 2.30. The van der Waals surface area contributed by atoms with Crippen molar-refractivity contribution in [3.63, 3.8) is 0 Å². The minimum Gasteiger partial charge on any atom is -0.392 e. The van der Waals surface area contributed by atoms with Crippen LogP contribution in [-0.2, 0) is 4.79 Å². The number of rotatable bonds is 6. The van der Waals surface area contributed by atoms with Crippen molar-refractivity contribution >= 4 is 40.4 Å². The van der Waals surface area contributed by atoms with Crippen molar-refractivity contribution in [1.29, 1.82) is 0 Å². The maximum absolute atomic E-state index is 11.8. The van der Waals surface area contributed by atoms with Gasteiger partial charge in [-0.05, 0) is 24.7 Å². The molecule has 4 nitrogen and oxygen atoms in total. The van der Waals surface area contributed by atoms with Crippen molar-refractivity contribution in [2.24, 2.45) is 5.73 Å². The Kier molecular flexibility index (Phi) is 6.04. The Morgan fingerprint density at radius 1 is 1.50 bits per heavy atom. The Morgan fingerprint density at radius 3 is 2.78 bits per heavy atom. The van der Waals surface area contributed by atoms with Crippen LogP contribution in [-0.4, -0.2) is 35.4 Å². The van der Waals surface area contributed by atoms with Crippen LogP contribution in [0.5, 0.6) is 0 Å². The number of hydrogen-bond acceptors (Lipinski definition) is 3. The molecule has 1 aromatic carbocycles. The lowest BCUT2D eigenvalue weighted by Crippen LogP contribution is -2.38. The second-order valence-electron chi connectivity index (χ2n) is 3.83. The van der Waals surface area contributed by atoms with Crippen LogP contribution in [0.15, 0.2) is 24.3 Å². The van der Waals surface area contributed by atoms with E-state index < -0.39 is 0 Å². The number of hydrogen-bond donors (Lipinski definition) is 2. The highest BCUT2D eigenvalue weighted by Gasteiger charge is 2.10. The molecule has 0 aliphatic carbocycles. The standard InChI is InChI=1S/C12H16ClN3OS/c1-2-16(7-11(14)18)8-12(17)15-10-5-3-4-9(13)6-10/h3-6H,2,7-8H2,1H3,(H2,14,18)(H,15,17). The molecule has 6 heteroatoms. The van der Waals surface area contributed by atoms with Gasteiger partial charge in [0.25, 0.3) is 0 Å². The van der Waals surface area contributed by atoms with Gasteiger partial charge in [0, 0.05) is 17.3 Å². The van der Waals surface area contributed by atoms with E-state index in [1.165, 1.54) is 0 Å². The van der Waals surface area contributed by atoms with Gasteiger partial charge < -0.3 is 11.1 Å². The van der Waals surface area contributed by atoms with Gasteiger partial charge in [-0.1, -0.05) is 36.8 Å². The maximum Gasteiger partial charge on any atom is 0.238 e. The molecule has 0 atom stereocenters. The summed E-state index contributed by atoms with van der Waals surface area (Å²) >= 11 is 10.7. The van der Waals surface area contributed by atoms with Crippen LogP contribution in [0.3, 0.4) is 0 Å². The van der Waals surface area contributed by atoms with Gasteiger partial charge in [-0.25, -0.2) is 0 Å². The molecule has 0 aliphatic heterocycles. The molecule has 0 heterocycles. The average molecular weight is 286 g/mol. The lowest BCUT2D eigenvalue weighted by atomic mass is 10.3. The van der Waals surface area contributed by atoms with Crippen LogP contribution in [0, 0.1) is 0 Å². The summed E-state index contributed by atoms with van der Waals surface area (Å²) in [5.74, 6) is -0.115. The third kappa shape index (κ3) is 5.44. The van der Waals surface area contributed by atoms with Crippen molar-refractivity contribution < 1.29 is 4.79 Å². The van der Waals surface area contributed by atoms with Crippen molar-refractivity contribution in [2.75, 3.05) is 25.0 Å².